The average molecular weight is 490 g/mol. The van der Waals surface area contributed by atoms with E-state index in [1.165, 1.54) is 13.2 Å². The van der Waals surface area contributed by atoms with Gasteiger partial charge in [-0.2, -0.15) is 13.2 Å². The van der Waals surface area contributed by atoms with Gasteiger partial charge in [0.2, 0.25) is 0 Å². The van der Waals surface area contributed by atoms with Crippen LogP contribution in [0.1, 0.15) is 15.9 Å². The summed E-state index contributed by atoms with van der Waals surface area (Å²) in [5, 5.41) is 6.92. The summed E-state index contributed by atoms with van der Waals surface area (Å²) in [6.45, 7) is 1.97. The van der Waals surface area contributed by atoms with Crippen molar-refractivity contribution in [3.05, 3.63) is 65.7 Å². The largest absolute Gasteiger partial charge is 0.496 e. The molecule has 0 bridgehead atoms. The number of carbonyl (C=O) groups is 1. The highest BCUT2D eigenvalue weighted by molar-refractivity contribution is 7.80. The van der Waals surface area contributed by atoms with Gasteiger partial charge in [-0.3, -0.25) is 10.1 Å². The Morgan fingerprint density at radius 2 is 1.74 bits per heavy atom. The molecule has 34 heavy (non-hydrogen) atoms. The molecule has 0 atom stereocenters. The number of carbonyl (C=O) groups excluding carboxylic acids is 1. The first-order valence-corrected chi connectivity index (χ1v) is 10.9. The van der Waals surface area contributed by atoms with Crippen molar-refractivity contribution in [1.29, 1.82) is 0 Å². The van der Waals surface area contributed by atoms with Crippen LogP contribution in [0, 0.1) is 0 Å². The van der Waals surface area contributed by atoms with Gasteiger partial charge in [-0.05, 0) is 53.3 Å². The maximum absolute atomic E-state index is 13.3. The van der Waals surface area contributed by atoms with Gasteiger partial charge >= 0.3 is 6.18 Å². The Hall–Kier alpha value is -3.37. The lowest BCUT2D eigenvalue weighted by Crippen LogP contribution is -2.38. The first-order valence-electron chi connectivity index (χ1n) is 10.5. The predicted octanol–water partition coefficient (Wildman–Crippen LogP) is 4.83. The number of methoxy groups -OCH3 is 1. The number of fused-ring (bicyclic) bond motifs is 1. The van der Waals surface area contributed by atoms with Crippen molar-refractivity contribution < 1.29 is 27.4 Å². The van der Waals surface area contributed by atoms with Crippen molar-refractivity contribution in [1.82, 2.24) is 5.32 Å². The van der Waals surface area contributed by atoms with E-state index in [4.69, 9.17) is 21.7 Å². The zero-order valence-electron chi connectivity index (χ0n) is 18.2. The summed E-state index contributed by atoms with van der Waals surface area (Å²) in [5.41, 5.74) is 0.115. The molecule has 1 saturated heterocycles. The SMILES string of the molecule is COc1cc2ccccc2cc1C(=O)NC(=S)Nc1cc(C(F)(F)F)ccc1N1CCOCC1. The molecule has 0 aromatic heterocycles. The number of ether oxygens (including phenoxy) is 2. The van der Waals surface area contributed by atoms with Crippen molar-refractivity contribution in [2.75, 3.05) is 43.6 Å². The molecule has 4 rings (SSSR count). The zero-order chi connectivity index (χ0) is 24.3. The fourth-order valence-corrected chi connectivity index (χ4v) is 3.98. The van der Waals surface area contributed by atoms with E-state index in [0.717, 1.165) is 22.9 Å². The quantitative estimate of drug-likeness (QED) is 0.512. The molecular formula is C24H22F3N3O3S. The topological polar surface area (TPSA) is 62.8 Å². The van der Waals surface area contributed by atoms with Gasteiger partial charge in [0.25, 0.3) is 5.91 Å². The van der Waals surface area contributed by atoms with Crippen LogP contribution in [0.25, 0.3) is 10.8 Å². The lowest BCUT2D eigenvalue weighted by Gasteiger charge is -2.31. The molecule has 0 saturated carbocycles. The summed E-state index contributed by atoms with van der Waals surface area (Å²) in [7, 11) is 1.45. The Morgan fingerprint density at radius 3 is 2.38 bits per heavy atom. The van der Waals surface area contributed by atoms with Crippen molar-refractivity contribution >= 4 is 45.4 Å². The number of morpholine rings is 1. The molecule has 1 aliphatic heterocycles. The monoisotopic (exact) mass is 489 g/mol. The molecule has 1 aliphatic rings. The Morgan fingerprint density at radius 1 is 1.06 bits per heavy atom. The second-order valence-electron chi connectivity index (χ2n) is 7.64. The Labute approximate surface area is 199 Å². The molecule has 1 heterocycles. The molecule has 3 aromatic carbocycles. The lowest BCUT2D eigenvalue weighted by molar-refractivity contribution is -0.137. The molecule has 1 amide bonds. The van der Waals surface area contributed by atoms with E-state index in [-0.39, 0.29) is 16.4 Å². The van der Waals surface area contributed by atoms with Crippen LogP contribution in [0.5, 0.6) is 5.75 Å². The third kappa shape index (κ3) is 5.23. The van der Waals surface area contributed by atoms with Gasteiger partial charge in [0.1, 0.15) is 5.75 Å². The van der Waals surface area contributed by atoms with Crippen LogP contribution in [0.2, 0.25) is 0 Å². The Balaban J connectivity index is 1.58. The van der Waals surface area contributed by atoms with Crippen molar-refractivity contribution in [3.63, 3.8) is 0 Å². The molecule has 1 fully saturated rings. The number of nitrogens with zero attached hydrogens (tertiary/aromatic N) is 1. The molecule has 0 unspecified atom stereocenters. The fourth-order valence-electron chi connectivity index (χ4n) is 3.78. The van der Waals surface area contributed by atoms with E-state index in [0.29, 0.717) is 37.7 Å². The highest BCUT2D eigenvalue weighted by atomic mass is 32.1. The number of benzene rings is 3. The van der Waals surface area contributed by atoms with Gasteiger partial charge in [-0.15, -0.1) is 0 Å². The molecule has 0 aliphatic carbocycles. The second-order valence-corrected chi connectivity index (χ2v) is 8.05. The lowest BCUT2D eigenvalue weighted by atomic mass is 10.1. The van der Waals surface area contributed by atoms with Crippen LogP contribution in [0.3, 0.4) is 0 Å². The molecular weight excluding hydrogens is 467 g/mol. The third-order valence-corrected chi connectivity index (χ3v) is 5.67. The van der Waals surface area contributed by atoms with E-state index < -0.39 is 17.6 Å². The normalized spacial score (nSPS) is 14.1. The minimum Gasteiger partial charge on any atom is -0.496 e. The molecule has 3 aromatic rings. The van der Waals surface area contributed by atoms with Crippen molar-refractivity contribution in [3.8, 4) is 5.75 Å². The summed E-state index contributed by atoms with van der Waals surface area (Å²) in [6.07, 6.45) is -4.52. The summed E-state index contributed by atoms with van der Waals surface area (Å²) in [4.78, 5) is 14.9. The predicted molar refractivity (Wildman–Crippen MR) is 129 cm³/mol. The number of hydrogen-bond donors (Lipinski definition) is 2. The number of anilines is 2. The number of rotatable bonds is 4. The maximum Gasteiger partial charge on any atom is 0.416 e. The van der Waals surface area contributed by atoms with Gasteiger partial charge in [-0.25, -0.2) is 0 Å². The number of halogens is 3. The number of hydrogen-bond acceptors (Lipinski definition) is 5. The summed E-state index contributed by atoms with van der Waals surface area (Å²) in [5.74, 6) is -0.188. The van der Waals surface area contributed by atoms with Gasteiger partial charge in [0.15, 0.2) is 5.11 Å². The second kappa shape index (κ2) is 9.86. The number of alkyl halides is 3. The van der Waals surface area contributed by atoms with Crippen LogP contribution in [-0.4, -0.2) is 44.4 Å². The third-order valence-electron chi connectivity index (χ3n) is 5.46. The molecule has 10 heteroatoms. The van der Waals surface area contributed by atoms with Gasteiger partial charge in [-0.1, -0.05) is 24.3 Å². The Kier molecular flexibility index (Phi) is 6.90. The highest BCUT2D eigenvalue weighted by Crippen LogP contribution is 2.36. The van der Waals surface area contributed by atoms with Crippen LogP contribution in [0.4, 0.5) is 24.5 Å². The molecule has 0 spiro atoms. The van der Waals surface area contributed by atoms with Crippen molar-refractivity contribution in [2.45, 2.75) is 6.18 Å². The maximum atomic E-state index is 13.3. The fraction of sp³-hybridized carbons (Fsp3) is 0.250. The summed E-state index contributed by atoms with van der Waals surface area (Å²) >= 11 is 5.28. The summed E-state index contributed by atoms with van der Waals surface area (Å²) < 4.78 is 50.7. The number of amides is 1. The van der Waals surface area contributed by atoms with Crippen LogP contribution < -0.4 is 20.3 Å². The minimum atomic E-state index is -4.52. The molecule has 178 valence electrons. The highest BCUT2D eigenvalue weighted by Gasteiger charge is 2.32. The smallest absolute Gasteiger partial charge is 0.416 e. The van der Waals surface area contributed by atoms with Crippen LogP contribution in [-0.2, 0) is 10.9 Å². The van der Waals surface area contributed by atoms with Crippen LogP contribution in [0.15, 0.2) is 54.6 Å². The molecule has 6 nitrogen and oxygen atoms in total. The summed E-state index contributed by atoms with van der Waals surface area (Å²) in [6, 6.07) is 14.3. The molecule has 0 radical (unpaired) electrons. The first kappa shape index (κ1) is 23.8. The minimum absolute atomic E-state index is 0.131. The number of nitrogens with one attached hydrogen (secondary N) is 2. The van der Waals surface area contributed by atoms with E-state index in [9.17, 15) is 18.0 Å². The van der Waals surface area contributed by atoms with Crippen molar-refractivity contribution in [2.24, 2.45) is 0 Å². The van der Waals surface area contributed by atoms with E-state index in [2.05, 4.69) is 10.6 Å². The average Bonchev–Trinajstić information content (AvgIpc) is 2.83. The van der Waals surface area contributed by atoms with E-state index in [1.54, 1.807) is 12.1 Å². The van der Waals surface area contributed by atoms with Gasteiger partial charge in [0.05, 0.1) is 42.8 Å². The first-order chi connectivity index (χ1) is 16.3. The van der Waals surface area contributed by atoms with E-state index in [1.807, 2.05) is 29.2 Å². The van der Waals surface area contributed by atoms with Crippen LogP contribution >= 0.6 is 12.2 Å². The van der Waals surface area contributed by atoms with E-state index >= 15 is 0 Å². The standard InChI is InChI=1S/C24H22F3N3O3S/c1-32-21-13-16-5-3-2-4-15(16)12-18(21)22(31)29-23(34)28-19-14-17(24(25,26)27)6-7-20(19)30-8-10-33-11-9-30/h2-7,12-14H,8-11H2,1H3,(H2,28,29,31,34). The van der Waals surface area contributed by atoms with Gasteiger partial charge in [0, 0.05) is 13.1 Å². The Bertz CT molecular complexity index is 1230. The molecule has 2 N–H and O–H groups in total. The zero-order valence-corrected chi connectivity index (χ0v) is 19.1. The number of thiocarbonyl (C=S) groups is 1. The van der Waals surface area contributed by atoms with Gasteiger partial charge < -0.3 is 19.7 Å².